The van der Waals surface area contributed by atoms with Crippen LogP contribution in [0.15, 0.2) is 60.7 Å². The Morgan fingerprint density at radius 2 is 1.68 bits per heavy atom. The summed E-state index contributed by atoms with van der Waals surface area (Å²) >= 11 is 0. The highest BCUT2D eigenvalue weighted by Crippen LogP contribution is 2.37. The lowest BCUT2D eigenvalue weighted by atomic mass is 10.1. The van der Waals surface area contributed by atoms with E-state index in [1.807, 2.05) is 24.3 Å². The van der Waals surface area contributed by atoms with E-state index in [-0.39, 0.29) is 11.1 Å². The fraction of sp³-hybridized carbons (Fsp3) is 0.0870. The van der Waals surface area contributed by atoms with E-state index in [1.54, 1.807) is 6.07 Å². The van der Waals surface area contributed by atoms with E-state index >= 15 is 0 Å². The van der Waals surface area contributed by atoms with E-state index in [2.05, 4.69) is 17.4 Å². The molecular formula is C23H15N3O5. The van der Waals surface area contributed by atoms with Crippen molar-refractivity contribution in [1.82, 2.24) is 4.90 Å². The second-order valence-corrected chi connectivity index (χ2v) is 7.41. The van der Waals surface area contributed by atoms with Gasteiger partial charge in [0.2, 0.25) is 5.91 Å². The lowest BCUT2D eigenvalue weighted by molar-refractivity contribution is -0.385. The van der Waals surface area contributed by atoms with Crippen LogP contribution >= 0.6 is 0 Å². The fourth-order valence-corrected chi connectivity index (χ4v) is 4.18. The van der Waals surface area contributed by atoms with Gasteiger partial charge in [-0.05, 0) is 46.9 Å². The van der Waals surface area contributed by atoms with Gasteiger partial charge in [0.15, 0.2) is 0 Å². The first-order chi connectivity index (χ1) is 14.9. The molecule has 0 unspecified atom stereocenters. The molecule has 0 atom stereocenters. The molecule has 0 saturated heterocycles. The SMILES string of the molecule is O=C(CN1C(=O)c2cccc([N+](=O)[O-])c2C1=O)Nc1ccc2c(c1)Cc1ccccc1-2. The molecule has 1 aliphatic carbocycles. The Labute approximate surface area is 176 Å². The molecule has 1 heterocycles. The van der Waals surface area contributed by atoms with E-state index < -0.39 is 34.9 Å². The zero-order chi connectivity index (χ0) is 21.7. The number of nitro benzene ring substituents is 1. The number of imide groups is 1. The molecule has 3 amide bonds. The summed E-state index contributed by atoms with van der Waals surface area (Å²) in [5, 5.41) is 13.9. The number of rotatable bonds is 4. The number of benzene rings is 3. The Morgan fingerprint density at radius 1 is 0.935 bits per heavy atom. The summed E-state index contributed by atoms with van der Waals surface area (Å²) in [7, 11) is 0. The van der Waals surface area contributed by atoms with Crippen LogP contribution in [-0.4, -0.2) is 34.1 Å². The molecule has 1 N–H and O–H groups in total. The third-order valence-electron chi connectivity index (χ3n) is 5.55. The van der Waals surface area contributed by atoms with E-state index in [0.29, 0.717) is 5.69 Å². The number of carbonyl (C=O) groups excluding carboxylic acids is 3. The molecule has 0 bridgehead atoms. The number of hydrogen-bond donors (Lipinski definition) is 1. The van der Waals surface area contributed by atoms with Crippen molar-refractivity contribution in [2.75, 3.05) is 11.9 Å². The molecule has 31 heavy (non-hydrogen) atoms. The fourth-order valence-electron chi connectivity index (χ4n) is 4.18. The number of nitrogens with zero attached hydrogens (tertiary/aromatic N) is 2. The van der Waals surface area contributed by atoms with Crippen LogP contribution in [0, 0.1) is 10.1 Å². The number of nitrogens with one attached hydrogen (secondary N) is 1. The number of fused-ring (bicyclic) bond motifs is 4. The lowest BCUT2D eigenvalue weighted by Crippen LogP contribution is -2.37. The van der Waals surface area contributed by atoms with Crippen molar-refractivity contribution in [2.24, 2.45) is 0 Å². The lowest BCUT2D eigenvalue weighted by Gasteiger charge is -2.14. The van der Waals surface area contributed by atoms with Gasteiger partial charge in [0.1, 0.15) is 12.1 Å². The summed E-state index contributed by atoms with van der Waals surface area (Å²) in [5.41, 5.74) is 4.34. The van der Waals surface area contributed by atoms with Crippen molar-refractivity contribution < 1.29 is 19.3 Å². The number of hydrogen-bond acceptors (Lipinski definition) is 5. The van der Waals surface area contributed by atoms with E-state index in [0.717, 1.165) is 28.5 Å². The third-order valence-corrected chi connectivity index (χ3v) is 5.55. The minimum absolute atomic E-state index is 0.0673. The van der Waals surface area contributed by atoms with Crippen molar-refractivity contribution in [1.29, 1.82) is 0 Å². The van der Waals surface area contributed by atoms with Crippen LogP contribution in [0.3, 0.4) is 0 Å². The number of amides is 3. The van der Waals surface area contributed by atoms with Crippen molar-refractivity contribution in [2.45, 2.75) is 6.42 Å². The Bertz CT molecular complexity index is 1310. The molecule has 0 radical (unpaired) electrons. The van der Waals surface area contributed by atoms with Gasteiger partial charge in [0.05, 0.1) is 10.5 Å². The maximum atomic E-state index is 12.6. The van der Waals surface area contributed by atoms with E-state index in [9.17, 15) is 24.5 Å². The minimum Gasteiger partial charge on any atom is -0.325 e. The normalized spacial score (nSPS) is 13.6. The zero-order valence-corrected chi connectivity index (χ0v) is 16.1. The highest BCUT2D eigenvalue weighted by molar-refractivity contribution is 6.24. The van der Waals surface area contributed by atoms with Gasteiger partial charge in [-0.25, -0.2) is 0 Å². The highest BCUT2D eigenvalue weighted by Gasteiger charge is 2.41. The molecule has 8 heteroatoms. The van der Waals surface area contributed by atoms with E-state index in [1.165, 1.54) is 23.3 Å². The van der Waals surface area contributed by atoms with Crippen LogP contribution < -0.4 is 5.32 Å². The first kappa shape index (κ1) is 18.7. The van der Waals surface area contributed by atoms with Gasteiger partial charge in [0, 0.05) is 11.8 Å². The summed E-state index contributed by atoms with van der Waals surface area (Å²) in [6.45, 7) is -0.527. The van der Waals surface area contributed by atoms with Crippen LogP contribution in [-0.2, 0) is 11.2 Å². The topological polar surface area (TPSA) is 110 Å². The maximum absolute atomic E-state index is 12.6. The molecule has 1 aliphatic heterocycles. The Kier molecular flexibility index (Phi) is 4.14. The summed E-state index contributed by atoms with van der Waals surface area (Å²) in [4.78, 5) is 49.0. The number of carbonyl (C=O) groups is 3. The standard InChI is InChI=1S/C23H15N3O5/c27-20(12-25-22(28)18-6-3-7-19(26(30)31)21(18)23(25)29)24-15-8-9-17-14(11-15)10-13-4-1-2-5-16(13)17/h1-9,11H,10,12H2,(H,24,27). The zero-order valence-electron chi connectivity index (χ0n) is 16.1. The molecule has 2 aliphatic rings. The molecular weight excluding hydrogens is 398 g/mol. The van der Waals surface area contributed by atoms with Crippen LogP contribution in [0.4, 0.5) is 11.4 Å². The smallest absolute Gasteiger partial charge is 0.282 e. The number of anilines is 1. The van der Waals surface area contributed by atoms with Crippen LogP contribution in [0.2, 0.25) is 0 Å². The van der Waals surface area contributed by atoms with Gasteiger partial charge in [0.25, 0.3) is 17.5 Å². The largest absolute Gasteiger partial charge is 0.325 e. The monoisotopic (exact) mass is 413 g/mol. The predicted octanol–water partition coefficient (Wildman–Crippen LogP) is 3.40. The molecule has 0 spiro atoms. The summed E-state index contributed by atoms with van der Waals surface area (Å²) in [6, 6.07) is 17.5. The highest BCUT2D eigenvalue weighted by atomic mass is 16.6. The first-order valence-corrected chi connectivity index (χ1v) is 9.58. The quantitative estimate of drug-likeness (QED) is 0.313. The van der Waals surface area contributed by atoms with Gasteiger partial charge in [-0.1, -0.05) is 36.4 Å². The second kappa shape index (κ2) is 6.88. The average Bonchev–Trinajstić information content (AvgIpc) is 3.24. The van der Waals surface area contributed by atoms with Gasteiger partial charge < -0.3 is 5.32 Å². The average molecular weight is 413 g/mol. The van der Waals surface area contributed by atoms with Crippen molar-refractivity contribution in [3.05, 3.63) is 93.0 Å². The van der Waals surface area contributed by atoms with Crippen molar-refractivity contribution in [3.63, 3.8) is 0 Å². The Balaban J connectivity index is 1.33. The second-order valence-electron chi connectivity index (χ2n) is 7.41. The maximum Gasteiger partial charge on any atom is 0.282 e. The van der Waals surface area contributed by atoms with Gasteiger partial charge in [-0.2, -0.15) is 0 Å². The molecule has 8 nitrogen and oxygen atoms in total. The molecule has 0 saturated carbocycles. The van der Waals surface area contributed by atoms with Crippen LogP contribution in [0.1, 0.15) is 31.8 Å². The van der Waals surface area contributed by atoms with Crippen molar-refractivity contribution in [3.8, 4) is 11.1 Å². The Morgan fingerprint density at radius 3 is 2.48 bits per heavy atom. The van der Waals surface area contributed by atoms with Gasteiger partial charge in [-0.15, -0.1) is 0 Å². The minimum atomic E-state index is -0.841. The van der Waals surface area contributed by atoms with Gasteiger partial charge >= 0.3 is 0 Å². The third kappa shape index (κ3) is 2.96. The van der Waals surface area contributed by atoms with Gasteiger partial charge in [-0.3, -0.25) is 29.4 Å². The van der Waals surface area contributed by atoms with E-state index in [4.69, 9.17) is 0 Å². The van der Waals surface area contributed by atoms with Crippen molar-refractivity contribution >= 4 is 29.1 Å². The molecule has 0 fully saturated rings. The summed E-state index contributed by atoms with van der Waals surface area (Å²) < 4.78 is 0. The Hall–Kier alpha value is -4.33. The summed E-state index contributed by atoms with van der Waals surface area (Å²) in [5.74, 6) is -2.12. The molecule has 5 rings (SSSR count). The summed E-state index contributed by atoms with van der Waals surface area (Å²) in [6.07, 6.45) is 0.761. The molecule has 3 aromatic carbocycles. The molecule has 3 aromatic rings. The molecule has 152 valence electrons. The predicted molar refractivity (Wildman–Crippen MR) is 112 cm³/mol. The number of nitro groups is 1. The van der Waals surface area contributed by atoms with Crippen LogP contribution in [0.25, 0.3) is 11.1 Å². The van der Waals surface area contributed by atoms with Crippen LogP contribution in [0.5, 0.6) is 0 Å². The first-order valence-electron chi connectivity index (χ1n) is 9.58. The molecule has 0 aromatic heterocycles.